The molecule has 5 nitrogen and oxygen atoms in total. The van der Waals surface area contributed by atoms with Crippen molar-refractivity contribution in [2.75, 3.05) is 19.5 Å². The van der Waals surface area contributed by atoms with Crippen molar-refractivity contribution in [3.8, 4) is 22.6 Å². The van der Waals surface area contributed by atoms with Gasteiger partial charge in [0.2, 0.25) is 0 Å². The molecule has 0 aliphatic carbocycles. The second-order valence-corrected chi connectivity index (χ2v) is 7.57. The lowest BCUT2D eigenvalue weighted by molar-refractivity contribution is 0.355. The van der Waals surface area contributed by atoms with E-state index in [1.165, 1.54) is 6.33 Å². The van der Waals surface area contributed by atoms with Gasteiger partial charge in [-0.15, -0.1) is 11.3 Å². The number of ether oxygens (including phenoxy) is 2. The third kappa shape index (κ3) is 3.46. The molecule has 0 spiro atoms. The van der Waals surface area contributed by atoms with Crippen LogP contribution in [0, 0.1) is 0 Å². The molecule has 4 rings (SSSR count). The molecule has 0 aliphatic rings. The van der Waals surface area contributed by atoms with Crippen LogP contribution >= 0.6 is 34.5 Å². The SMILES string of the molecule is COc1ccc(-c2csc3ncnc(Nc4ccc(Cl)cc4Cl)c23)cc1OC. The molecule has 2 heterocycles. The van der Waals surface area contributed by atoms with Crippen molar-refractivity contribution in [3.05, 3.63) is 58.2 Å². The molecule has 2 aromatic carbocycles. The normalized spacial score (nSPS) is 10.9. The van der Waals surface area contributed by atoms with E-state index in [9.17, 15) is 0 Å². The third-order valence-electron chi connectivity index (χ3n) is 4.25. The maximum atomic E-state index is 6.32. The van der Waals surface area contributed by atoms with E-state index in [1.807, 2.05) is 24.3 Å². The average Bonchev–Trinajstić information content (AvgIpc) is 3.14. The van der Waals surface area contributed by atoms with Crippen molar-refractivity contribution < 1.29 is 9.47 Å². The molecule has 2 aromatic heterocycles. The first-order valence-corrected chi connectivity index (χ1v) is 9.91. The molecule has 8 heteroatoms. The van der Waals surface area contributed by atoms with E-state index in [4.69, 9.17) is 32.7 Å². The third-order valence-corrected chi connectivity index (χ3v) is 5.68. The van der Waals surface area contributed by atoms with Gasteiger partial charge in [-0.25, -0.2) is 9.97 Å². The first-order valence-electron chi connectivity index (χ1n) is 8.27. The van der Waals surface area contributed by atoms with Gasteiger partial charge in [-0.05, 0) is 35.9 Å². The fourth-order valence-electron chi connectivity index (χ4n) is 2.90. The Morgan fingerprint density at radius 3 is 2.54 bits per heavy atom. The maximum Gasteiger partial charge on any atom is 0.161 e. The van der Waals surface area contributed by atoms with Gasteiger partial charge >= 0.3 is 0 Å². The Bertz CT molecular complexity index is 1160. The number of anilines is 2. The molecule has 0 saturated heterocycles. The van der Waals surface area contributed by atoms with Gasteiger partial charge in [0.25, 0.3) is 0 Å². The average molecular weight is 432 g/mol. The molecule has 142 valence electrons. The summed E-state index contributed by atoms with van der Waals surface area (Å²) in [6.07, 6.45) is 1.53. The number of thiophene rings is 1. The molecule has 0 radical (unpaired) electrons. The van der Waals surface area contributed by atoms with Gasteiger partial charge in [-0.3, -0.25) is 0 Å². The summed E-state index contributed by atoms with van der Waals surface area (Å²) in [5, 5.41) is 7.35. The number of hydrogen-bond donors (Lipinski definition) is 1. The maximum absolute atomic E-state index is 6.32. The lowest BCUT2D eigenvalue weighted by Gasteiger charge is -2.12. The molecule has 0 aliphatic heterocycles. The smallest absolute Gasteiger partial charge is 0.161 e. The van der Waals surface area contributed by atoms with E-state index >= 15 is 0 Å². The topological polar surface area (TPSA) is 56.3 Å². The minimum atomic E-state index is 0.516. The van der Waals surface area contributed by atoms with Crippen LogP contribution in [0.5, 0.6) is 11.5 Å². The van der Waals surface area contributed by atoms with Gasteiger partial charge in [0, 0.05) is 16.0 Å². The van der Waals surface area contributed by atoms with Gasteiger partial charge in [0.1, 0.15) is 17.0 Å². The number of benzene rings is 2. The van der Waals surface area contributed by atoms with Crippen molar-refractivity contribution in [2.45, 2.75) is 0 Å². The highest BCUT2D eigenvalue weighted by atomic mass is 35.5. The van der Waals surface area contributed by atoms with Crippen LogP contribution in [0.25, 0.3) is 21.3 Å². The second-order valence-electron chi connectivity index (χ2n) is 5.87. The number of hydrogen-bond acceptors (Lipinski definition) is 6. The van der Waals surface area contributed by atoms with E-state index in [0.29, 0.717) is 27.4 Å². The molecule has 0 saturated carbocycles. The van der Waals surface area contributed by atoms with Crippen LogP contribution in [0.3, 0.4) is 0 Å². The van der Waals surface area contributed by atoms with Crippen LogP contribution < -0.4 is 14.8 Å². The monoisotopic (exact) mass is 431 g/mol. The largest absolute Gasteiger partial charge is 0.493 e. The standard InChI is InChI=1S/C20H15Cl2N3O2S/c1-26-16-6-3-11(7-17(16)27-2)13-9-28-20-18(13)19(23-10-24-20)25-15-5-4-12(21)8-14(15)22/h3-10H,1-2H3,(H,23,24,25). The summed E-state index contributed by atoms with van der Waals surface area (Å²) in [4.78, 5) is 9.71. The Hall–Kier alpha value is -2.54. The van der Waals surface area contributed by atoms with Crippen molar-refractivity contribution in [3.63, 3.8) is 0 Å². The lowest BCUT2D eigenvalue weighted by Crippen LogP contribution is -1.96. The van der Waals surface area contributed by atoms with Crippen molar-refractivity contribution in [1.82, 2.24) is 9.97 Å². The number of methoxy groups -OCH3 is 2. The quantitative estimate of drug-likeness (QED) is 0.394. The first-order chi connectivity index (χ1) is 13.6. The van der Waals surface area contributed by atoms with Gasteiger partial charge in [0.05, 0.1) is 30.3 Å². The Balaban J connectivity index is 1.83. The molecule has 0 unspecified atom stereocenters. The van der Waals surface area contributed by atoms with E-state index in [1.54, 1.807) is 37.7 Å². The number of fused-ring (bicyclic) bond motifs is 1. The lowest BCUT2D eigenvalue weighted by atomic mass is 10.1. The Labute approximate surface area is 175 Å². The van der Waals surface area contributed by atoms with E-state index in [0.717, 1.165) is 27.0 Å². The molecular formula is C20H15Cl2N3O2S. The van der Waals surface area contributed by atoms with Crippen molar-refractivity contribution >= 4 is 56.3 Å². The zero-order chi connectivity index (χ0) is 19.7. The fraction of sp³-hybridized carbons (Fsp3) is 0.100. The molecule has 0 bridgehead atoms. The van der Waals surface area contributed by atoms with Crippen LogP contribution in [0.2, 0.25) is 10.0 Å². The van der Waals surface area contributed by atoms with Gasteiger partial charge in [-0.1, -0.05) is 29.3 Å². The van der Waals surface area contributed by atoms with Crippen LogP contribution in [0.15, 0.2) is 48.1 Å². The summed E-state index contributed by atoms with van der Waals surface area (Å²) < 4.78 is 10.8. The summed E-state index contributed by atoms with van der Waals surface area (Å²) >= 11 is 13.9. The summed E-state index contributed by atoms with van der Waals surface area (Å²) in [7, 11) is 3.23. The van der Waals surface area contributed by atoms with Crippen LogP contribution in [0.1, 0.15) is 0 Å². The predicted octanol–water partition coefficient (Wildman–Crippen LogP) is 6.43. The molecule has 1 N–H and O–H groups in total. The van der Waals surface area contributed by atoms with E-state index in [-0.39, 0.29) is 0 Å². The Morgan fingerprint density at radius 2 is 1.79 bits per heavy atom. The zero-order valence-electron chi connectivity index (χ0n) is 15.0. The predicted molar refractivity (Wildman–Crippen MR) is 116 cm³/mol. The van der Waals surface area contributed by atoms with Gasteiger partial charge < -0.3 is 14.8 Å². The highest BCUT2D eigenvalue weighted by Gasteiger charge is 2.16. The Kier molecular flexibility index (Phi) is 5.26. The Morgan fingerprint density at radius 1 is 0.964 bits per heavy atom. The summed E-state index contributed by atoms with van der Waals surface area (Å²) in [6.45, 7) is 0. The summed E-state index contributed by atoms with van der Waals surface area (Å²) in [5.74, 6) is 2.00. The zero-order valence-corrected chi connectivity index (χ0v) is 17.3. The molecule has 0 atom stereocenters. The number of nitrogens with zero attached hydrogens (tertiary/aromatic N) is 2. The highest BCUT2D eigenvalue weighted by molar-refractivity contribution is 7.17. The molecular weight excluding hydrogens is 417 g/mol. The van der Waals surface area contributed by atoms with Crippen LogP contribution in [0.4, 0.5) is 11.5 Å². The van der Waals surface area contributed by atoms with Gasteiger partial charge in [-0.2, -0.15) is 0 Å². The van der Waals surface area contributed by atoms with Crippen LogP contribution in [-0.2, 0) is 0 Å². The number of rotatable bonds is 5. The van der Waals surface area contributed by atoms with Gasteiger partial charge in [0.15, 0.2) is 11.5 Å². The molecule has 0 fully saturated rings. The number of aromatic nitrogens is 2. The van der Waals surface area contributed by atoms with Crippen molar-refractivity contribution in [1.29, 1.82) is 0 Å². The molecule has 28 heavy (non-hydrogen) atoms. The fourth-order valence-corrected chi connectivity index (χ4v) is 4.28. The molecule has 0 amide bonds. The summed E-state index contributed by atoms with van der Waals surface area (Å²) in [6, 6.07) is 11.1. The molecule has 4 aromatic rings. The number of halogens is 2. The highest BCUT2D eigenvalue weighted by Crippen LogP contribution is 2.41. The minimum Gasteiger partial charge on any atom is -0.493 e. The van der Waals surface area contributed by atoms with E-state index in [2.05, 4.69) is 20.7 Å². The second kappa shape index (κ2) is 7.83. The number of nitrogens with one attached hydrogen (secondary N) is 1. The van der Waals surface area contributed by atoms with Crippen LogP contribution in [-0.4, -0.2) is 24.2 Å². The minimum absolute atomic E-state index is 0.516. The summed E-state index contributed by atoms with van der Waals surface area (Å²) in [5.41, 5.74) is 2.69. The van der Waals surface area contributed by atoms with E-state index < -0.39 is 0 Å². The first kappa shape index (κ1) is 18.8. The van der Waals surface area contributed by atoms with Crippen molar-refractivity contribution in [2.24, 2.45) is 0 Å².